The summed E-state index contributed by atoms with van der Waals surface area (Å²) in [5.41, 5.74) is 1.24. The number of hydrogen-bond donors (Lipinski definition) is 1. The Kier molecular flexibility index (Phi) is 8.14. The third-order valence-corrected chi connectivity index (χ3v) is 4.66. The van der Waals surface area contributed by atoms with Crippen LogP contribution in [0.5, 0.6) is 0 Å². The zero-order valence-electron chi connectivity index (χ0n) is 15.7. The van der Waals surface area contributed by atoms with Crippen molar-refractivity contribution in [3.05, 3.63) is 64.7 Å². The number of nitrogens with zero attached hydrogens (tertiary/aromatic N) is 1. The number of carbonyl (C=O) groups excluding carboxylic acids is 2. The van der Waals surface area contributed by atoms with Gasteiger partial charge < -0.3 is 14.6 Å². The van der Waals surface area contributed by atoms with E-state index < -0.39 is 0 Å². The van der Waals surface area contributed by atoms with Gasteiger partial charge in [-0.2, -0.15) is 0 Å². The second kappa shape index (κ2) is 10.6. The van der Waals surface area contributed by atoms with Crippen LogP contribution in [0.1, 0.15) is 35.9 Å². The van der Waals surface area contributed by atoms with Crippen LogP contribution in [0.25, 0.3) is 6.08 Å². The molecule has 144 valence electrons. The van der Waals surface area contributed by atoms with E-state index in [0.29, 0.717) is 22.0 Å². The second-order valence-electron chi connectivity index (χ2n) is 6.47. The third-order valence-electron chi connectivity index (χ3n) is 4.41. The number of halogens is 1. The number of nitrogens with one attached hydrogen (secondary N) is 1. The molecular formula is C21H25ClN2O3. The summed E-state index contributed by atoms with van der Waals surface area (Å²) in [6.07, 6.45) is 6.32. The van der Waals surface area contributed by atoms with Crippen molar-refractivity contribution in [1.82, 2.24) is 10.2 Å². The fourth-order valence-electron chi connectivity index (χ4n) is 2.68. The normalized spacial score (nSPS) is 14.9. The summed E-state index contributed by atoms with van der Waals surface area (Å²) in [6.45, 7) is 3.92. The number of likely N-dealkylation sites (N-methyl/N-ethyl adjacent to an activating group) is 1. The number of hydrogen-bond acceptors (Lipinski definition) is 4. The van der Waals surface area contributed by atoms with E-state index in [0.717, 1.165) is 38.1 Å². The Bertz CT molecular complexity index is 746. The molecule has 5 nitrogen and oxygen atoms in total. The molecule has 0 atom stereocenters. The maximum absolute atomic E-state index is 12.3. The first-order valence-electron chi connectivity index (χ1n) is 8.96. The lowest BCUT2D eigenvalue weighted by Gasteiger charge is -2.30. The molecule has 1 saturated heterocycles. The average molecular weight is 389 g/mol. The maximum atomic E-state index is 12.3. The highest BCUT2D eigenvalue weighted by Gasteiger charge is 2.22. The van der Waals surface area contributed by atoms with Gasteiger partial charge in [-0.05, 0) is 43.0 Å². The molecule has 1 amide bonds. The van der Waals surface area contributed by atoms with E-state index in [-0.39, 0.29) is 5.91 Å². The van der Waals surface area contributed by atoms with Crippen LogP contribution < -0.4 is 5.32 Å². The quantitative estimate of drug-likeness (QED) is 0.628. The van der Waals surface area contributed by atoms with Gasteiger partial charge in [0.05, 0.1) is 6.26 Å². The lowest BCUT2D eigenvalue weighted by Crippen LogP contribution is -2.40. The summed E-state index contributed by atoms with van der Waals surface area (Å²) >= 11 is 5.55. The molecule has 1 aliphatic rings. The molecule has 1 aromatic heterocycles. The summed E-state index contributed by atoms with van der Waals surface area (Å²) in [4.78, 5) is 24.3. The van der Waals surface area contributed by atoms with Gasteiger partial charge in [0, 0.05) is 36.8 Å². The minimum absolute atomic E-state index is 0.0563. The topological polar surface area (TPSA) is 62.6 Å². The van der Waals surface area contributed by atoms with Crippen LogP contribution in [-0.4, -0.2) is 37.2 Å². The number of rotatable bonds is 4. The lowest BCUT2D eigenvalue weighted by molar-refractivity contribution is -0.128. The van der Waals surface area contributed by atoms with Gasteiger partial charge in [-0.15, -0.1) is 0 Å². The van der Waals surface area contributed by atoms with Gasteiger partial charge in [-0.1, -0.05) is 30.7 Å². The molecule has 27 heavy (non-hydrogen) atoms. The summed E-state index contributed by atoms with van der Waals surface area (Å²) < 4.78 is 5.23. The largest absolute Gasteiger partial charge is 0.465 e. The van der Waals surface area contributed by atoms with Gasteiger partial charge in [0.1, 0.15) is 17.7 Å². The van der Waals surface area contributed by atoms with Gasteiger partial charge in [0.15, 0.2) is 0 Å². The number of benzene rings is 1. The van der Waals surface area contributed by atoms with Crippen LogP contribution in [0.2, 0.25) is 5.02 Å². The SMILES string of the molecule is CN/C(=C/c1ccco1)C(=O)N1CCC(C)CC1.O=Cc1ccc(Cl)cc1. The van der Waals surface area contributed by atoms with Crippen molar-refractivity contribution in [3.63, 3.8) is 0 Å². The maximum Gasteiger partial charge on any atom is 0.270 e. The molecule has 0 unspecified atom stereocenters. The number of carbonyl (C=O) groups is 2. The van der Waals surface area contributed by atoms with Gasteiger partial charge >= 0.3 is 0 Å². The number of piperidine rings is 1. The Morgan fingerprint density at radius 1 is 1.22 bits per heavy atom. The molecule has 6 heteroatoms. The fourth-order valence-corrected chi connectivity index (χ4v) is 2.81. The van der Waals surface area contributed by atoms with Crippen molar-refractivity contribution in [1.29, 1.82) is 0 Å². The van der Waals surface area contributed by atoms with Crippen molar-refractivity contribution in [2.45, 2.75) is 19.8 Å². The van der Waals surface area contributed by atoms with E-state index in [2.05, 4.69) is 12.2 Å². The fraction of sp³-hybridized carbons (Fsp3) is 0.333. The van der Waals surface area contributed by atoms with E-state index in [4.69, 9.17) is 16.0 Å². The van der Waals surface area contributed by atoms with Gasteiger partial charge in [-0.25, -0.2) is 0 Å². The molecular weight excluding hydrogens is 364 g/mol. The Morgan fingerprint density at radius 2 is 1.89 bits per heavy atom. The first-order valence-corrected chi connectivity index (χ1v) is 9.34. The number of likely N-dealkylation sites (tertiary alicyclic amines) is 1. The molecule has 2 heterocycles. The van der Waals surface area contributed by atoms with Crippen LogP contribution >= 0.6 is 11.6 Å². The second-order valence-corrected chi connectivity index (χ2v) is 6.90. The molecule has 0 saturated carbocycles. The smallest absolute Gasteiger partial charge is 0.270 e. The molecule has 0 bridgehead atoms. The Balaban J connectivity index is 0.000000244. The van der Waals surface area contributed by atoms with Crippen molar-refractivity contribution >= 4 is 29.9 Å². The highest BCUT2D eigenvalue weighted by atomic mass is 35.5. The first kappa shape index (κ1) is 20.8. The predicted molar refractivity (Wildman–Crippen MR) is 108 cm³/mol. The van der Waals surface area contributed by atoms with E-state index >= 15 is 0 Å². The molecule has 3 rings (SSSR count). The van der Waals surface area contributed by atoms with Crippen LogP contribution in [0.4, 0.5) is 0 Å². The van der Waals surface area contributed by atoms with Gasteiger partial charge in [0.25, 0.3) is 5.91 Å². The first-order chi connectivity index (χ1) is 13.0. The molecule has 0 radical (unpaired) electrons. The molecule has 1 N–H and O–H groups in total. The molecule has 1 fully saturated rings. The molecule has 0 spiro atoms. The summed E-state index contributed by atoms with van der Waals surface area (Å²) in [7, 11) is 1.76. The van der Waals surface area contributed by atoms with E-state index in [1.54, 1.807) is 43.7 Å². The van der Waals surface area contributed by atoms with Crippen molar-refractivity contribution in [2.75, 3.05) is 20.1 Å². The number of amides is 1. The van der Waals surface area contributed by atoms with Crippen LogP contribution in [-0.2, 0) is 4.79 Å². The summed E-state index contributed by atoms with van der Waals surface area (Å²) in [5, 5.41) is 3.61. The van der Waals surface area contributed by atoms with Crippen molar-refractivity contribution in [3.8, 4) is 0 Å². The predicted octanol–water partition coefficient (Wildman–Crippen LogP) is 4.25. The standard InChI is InChI=1S/C14H20N2O2.C7H5ClO/c1-11-5-7-16(8-6-11)14(17)13(15-2)10-12-4-3-9-18-12;8-7-3-1-6(5-9)2-4-7/h3-4,9-11,15H,5-8H2,1-2H3;1-5H/b13-10+;. The van der Waals surface area contributed by atoms with Crippen molar-refractivity contribution in [2.24, 2.45) is 5.92 Å². The Hall–Kier alpha value is -2.53. The Morgan fingerprint density at radius 3 is 2.41 bits per heavy atom. The minimum Gasteiger partial charge on any atom is -0.465 e. The van der Waals surface area contributed by atoms with Gasteiger partial charge in [-0.3, -0.25) is 9.59 Å². The van der Waals surface area contributed by atoms with E-state index in [1.165, 1.54) is 0 Å². The zero-order chi connectivity index (χ0) is 19.6. The van der Waals surface area contributed by atoms with Crippen LogP contribution in [0, 0.1) is 5.92 Å². The monoisotopic (exact) mass is 388 g/mol. The van der Waals surface area contributed by atoms with E-state index in [9.17, 15) is 9.59 Å². The van der Waals surface area contributed by atoms with Crippen LogP contribution in [0.15, 0.2) is 52.8 Å². The third kappa shape index (κ3) is 6.61. The molecule has 1 aliphatic heterocycles. The van der Waals surface area contributed by atoms with Crippen molar-refractivity contribution < 1.29 is 14.0 Å². The molecule has 0 aliphatic carbocycles. The highest BCUT2D eigenvalue weighted by Crippen LogP contribution is 2.18. The number of furan rings is 1. The average Bonchev–Trinajstić information content (AvgIpc) is 3.20. The summed E-state index contributed by atoms with van der Waals surface area (Å²) in [5.74, 6) is 1.47. The molecule has 1 aromatic carbocycles. The summed E-state index contributed by atoms with van der Waals surface area (Å²) in [6, 6.07) is 10.4. The Labute approximate surface area is 165 Å². The minimum atomic E-state index is 0.0563. The lowest BCUT2D eigenvalue weighted by atomic mass is 9.99. The van der Waals surface area contributed by atoms with E-state index in [1.807, 2.05) is 17.0 Å². The highest BCUT2D eigenvalue weighted by molar-refractivity contribution is 6.30. The number of aldehydes is 1. The van der Waals surface area contributed by atoms with Crippen LogP contribution in [0.3, 0.4) is 0 Å². The molecule has 2 aromatic rings. The zero-order valence-corrected chi connectivity index (χ0v) is 16.4. The van der Waals surface area contributed by atoms with Gasteiger partial charge in [0.2, 0.25) is 0 Å².